The number of hydrogen-bond donors (Lipinski definition) is 2. The molecule has 6 heteroatoms. The van der Waals surface area contributed by atoms with Gasteiger partial charge in [0, 0.05) is 24.5 Å². The SMILES string of the molecule is CCCC(=O)Oc1c(OC)c(OC)c(O)c2c(NC)c(CC)ccc12. The summed E-state index contributed by atoms with van der Waals surface area (Å²) in [6.45, 7) is 3.93. The Kier molecular flexibility index (Phi) is 5.96. The predicted octanol–water partition coefficient (Wildman–Crippen LogP) is 3.87. The Morgan fingerprint density at radius 1 is 1.12 bits per heavy atom. The molecule has 25 heavy (non-hydrogen) atoms. The summed E-state index contributed by atoms with van der Waals surface area (Å²) >= 11 is 0. The fraction of sp³-hybridized carbons (Fsp3) is 0.421. The number of benzene rings is 2. The Hall–Kier alpha value is -2.63. The van der Waals surface area contributed by atoms with E-state index in [1.807, 2.05) is 26.0 Å². The molecule has 0 aromatic heterocycles. The molecule has 0 saturated carbocycles. The van der Waals surface area contributed by atoms with Crippen LogP contribution < -0.4 is 19.5 Å². The first-order valence-electron chi connectivity index (χ1n) is 8.34. The number of methoxy groups -OCH3 is 2. The van der Waals surface area contributed by atoms with Crippen LogP contribution in [0.4, 0.5) is 5.69 Å². The fourth-order valence-electron chi connectivity index (χ4n) is 2.95. The number of phenolic OH excluding ortho intramolecular Hbond substituents is 1. The second-order valence-electron chi connectivity index (χ2n) is 5.59. The van der Waals surface area contributed by atoms with Gasteiger partial charge < -0.3 is 24.6 Å². The molecule has 0 spiro atoms. The first-order valence-corrected chi connectivity index (χ1v) is 8.34. The van der Waals surface area contributed by atoms with Crippen molar-refractivity contribution in [3.63, 3.8) is 0 Å². The lowest BCUT2D eigenvalue weighted by atomic mass is 9.99. The number of hydrogen-bond acceptors (Lipinski definition) is 6. The van der Waals surface area contributed by atoms with Crippen LogP contribution in [0.15, 0.2) is 12.1 Å². The molecule has 0 aliphatic heterocycles. The predicted molar refractivity (Wildman–Crippen MR) is 98.2 cm³/mol. The lowest BCUT2D eigenvalue weighted by molar-refractivity contribution is -0.134. The van der Waals surface area contributed by atoms with Crippen LogP contribution in [0.3, 0.4) is 0 Å². The van der Waals surface area contributed by atoms with Crippen molar-refractivity contribution in [1.29, 1.82) is 0 Å². The highest BCUT2D eigenvalue weighted by molar-refractivity contribution is 6.07. The number of phenols is 1. The first-order chi connectivity index (χ1) is 12.0. The summed E-state index contributed by atoms with van der Waals surface area (Å²) in [6, 6.07) is 3.77. The molecule has 0 radical (unpaired) electrons. The Balaban J connectivity index is 2.88. The quantitative estimate of drug-likeness (QED) is 0.585. The topological polar surface area (TPSA) is 77.0 Å². The normalized spacial score (nSPS) is 10.6. The molecule has 2 N–H and O–H groups in total. The van der Waals surface area contributed by atoms with Crippen molar-refractivity contribution in [2.75, 3.05) is 26.6 Å². The zero-order chi connectivity index (χ0) is 18.6. The van der Waals surface area contributed by atoms with E-state index < -0.39 is 0 Å². The third-order valence-corrected chi connectivity index (χ3v) is 4.11. The van der Waals surface area contributed by atoms with Gasteiger partial charge in [0.25, 0.3) is 0 Å². The van der Waals surface area contributed by atoms with E-state index >= 15 is 0 Å². The van der Waals surface area contributed by atoms with Crippen LogP contribution in [0.25, 0.3) is 10.8 Å². The summed E-state index contributed by atoms with van der Waals surface area (Å²) in [6.07, 6.45) is 1.75. The molecular formula is C19H25NO5. The Morgan fingerprint density at radius 3 is 2.32 bits per heavy atom. The first kappa shape index (κ1) is 18.7. The third kappa shape index (κ3) is 3.29. The largest absolute Gasteiger partial charge is 0.504 e. The molecular weight excluding hydrogens is 322 g/mol. The lowest BCUT2D eigenvalue weighted by Crippen LogP contribution is -2.09. The number of esters is 1. The maximum Gasteiger partial charge on any atom is 0.311 e. The highest BCUT2D eigenvalue weighted by Gasteiger charge is 2.26. The van der Waals surface area contributed by atoms with Gasteiger partial charge >= 0.3 is 5.97 Å². The Bertz CT molecular complexity index is 785. The summed E-state index contributed by atoms with van der Waals surface area (Å²) in [4.78, 5) is 12.1. The molecule has 0 amide bonds. The monoisotopic (exact) mass is 347 g/mol. The van der Waals surface area contributed by atoms with E-state index in [1.54, 1.807) is 7.05 Å². The molecule has 0 atom stereocenters. The fourth-order valence-corrected chi connectivity index (χ4v) is 2.95. The summed E-state index contributed by atoms with van der Waals surface area (Å²) < 4.78 is 16.3. The molecule has 0 unspecified atom stereocenters. The number of nitrogens with one attached hydrogen (secondary N) is 1. The van der Waals surface area contributed by atoms with Crippen LogP contribution in [0.1, 0.15) is 32.3 Å². The Labute approximate surface area is 147 Å². The van der Waals surface area contributed by atoms with E-state index in [0.717, 1.165) is 17.7 Å². The zero-order valence-electron chi connectivity index (χ0n) is 15.4. The molecule has 0 saturated heterocycles. The standard InChI is InChI=1S/C19H25NO5/c1-6-8-13(21)25-17-12-10-9-11(7-2)15(20-3)14(12)16(22)18(23-4)19(17)24-5/h9-10,20,22H,6-8H2,1-5H3. The van der Waals surface area contributed by atoms with Gasteiger partial charge in [0.1, 0.15) is 0 Å². The molecule has 0 bridgehead atoms. The Morgan fingerprint density at radius 2 is 1.80 bits per heavy atom. The van der Waals surface area contributed by atoms with E-state index in [4.69, 9.17) is 14.2 Å². The molecule has 6 nitrogen and oxygen atoms in total. The highest BCUT2D eigenvalue weighted by Crippen LogP contribution is 2.53. The van der Waals surface area contributed by atoms with Crippen molar-refractivity contribution in [2.24, 2.45) is 0 Å². The molecule has 136 valence electrons. The minimum absolute atomic E-state index is 0.0516. The minimum Gasteiger partial charge on any atom is -0.504 e. The van der Waals surface area contributed by atoms with Gasteiger partial charge in [-0.1, -0.05) is 19.9 Å². The maximum atomic E-state index is 12.1. The van der Waals surface area contributed by atoms with E-state index in [2.05, 4.69) is 5.32 Å². The average Bonchev–Trinajstić information content (AvgIpc) is 2.62. The van der Waals surface area contributed by atoms with E-state index in [9.17, 15) is 9.90 Å². The molecule has 2 aromatic carbocycles. The van der Waals surface area contributed by atoms with Crippen LogP contribution in [0.2, 0.25) is 0 Å². The van der Waals surface area contributed by atoms with Crippen LogP contribution in [0.5, 0.6) is 23.0 Å². The number of ether oxygens (including phenoxy) is 3. The van der Waals surface area contributed by atoms with Crippen molar-refractivity contribution >= 4 is 22.4 Å². The summed E-state index contributed by atoms with van der Waals surface area (Å²) in [5.41, 5.74) is 1.80. The number of carbonyl (C=O) groups is 1. The van der Waals surface area contributed by atoms with Gasteiger partial charge in [-0.05, 0) is 24.5 Å². The van der Waals surface area contributed by atoms with Gasteiger partial charge in [-0.15, -0.1) is 0 Å². The van der Waals surface area contributed by atoms with Gasteiger partial charge in [-0.2, -0.15) is 0 Å². The number of fused-ring (bicyclic) bond motifs is 1. The third-order valence-electron chi connectivity index (χ3n) is 4.11. The van der Waals surface area contributed by atoms with Crippen LogP contribution in [-0.4, -0.2) is 32.3 Å². The van der Waals surface area contributed by atoms with E-state index in [0.29, 0.717) is 23.6 Å². The van der Waals surface area contributed by atoms with Gasteiger partial charge in [0.15, 0.2) is 11.5 Å². The second kappa shape index (κ2) is 7.96. The second-order valence-corrected chi connectivity index (χ2v) is 5.59. The van der Waals surface area contributed by atoms with Crippen molar-refractivity contribution in [1.82, 2.24) is 0 Å². The number of rotatable bonds is 7. The van der Waals surface area contributed by atoms with Gasteiger partial charge in [0.05, 0.1) is 19.6 Å². The van der Waals surface area contributed by atoms with Crippen molar-refractivity contribution in [3.8, 4) is 23.0 Å². The van der Waals surface area contributed by atoms with Crippen LogP contribution in [-0.2, 0) is 11.2 Å². The highest BCUT2D eigenvalue weighted by atomic mass is 16.6. The zero-order valence-corrected chi connectivity index (χ0v) is 15.4. The molecule has 2 rings (SSSR count). The molecule has 0 aliphatic rings. The van der Waals surface area contributed by atoms with Gasteiger partial charge in [0.2, 0.25) is 11.5 Å². The summed E-state index contributed by atoms with van der Waals surface area (Å²) in [7, 11) is 4.66. The van der Waals surface area contributed by atoms with Crippen molar-refractivity contribution in [3.05, 3.63) is 17.7 Å². The van der Waals surface area contributed by atoms with Crippen molar-refractivity contribution < 1.29 is 24.1 Å². The van der Waals surface area contributed by atoms with Crippen molar-refractivity contribution in [2.45, 2.75) is 33.1 Å². The molecule has 0 heterocycles. The van der Waals surface area contributed by atoms with E-state index in [-0.39, 0.29) is 29.0 Å². The number of aromatic hydroxyl groups is 1. The number of carbonyl (C=O) groups excluding carboxylic acids is 1. The molecule has 0 aliphatic carbocycles. The molecule has 0 fully saturated rings. The summed E-state index contributed by atoms with van der Waals surface area (Å²) in [5, 5.41) is 15.0. The van der Waals surface area contributed by atoms with Crippen LogP contribution in [0, 0.1) is 0 Å². The average molecular weight is 347 g/mol. The smallest absolute Gasteiger partial charge is 0.311 e. The van der Waals surface area contributed by atoms with Gasteiger partial charge in [-0.3, -0.25) is 4.79 Å². The van der Waals surface area contributed by atoms with Gasteiger partial charge in [-0.25, -0.2) is 0 Å². The number of anilines is 1. The van der Waals surface area contributed by atoms with Crippen LogP contribution >= 0.6 is 0 Å². The summed E-state index contributed by atoms with van der Waals surface area (Å²) in [5.74, 6) is 0.178. The van der Waals surface area contributed by atoms with E-state index in [1.165, 1.54) is 14.2 Å². The molecule has 2 aromatic rings. The lowest BCUT2D eigenvalue weighted by Gasteiger charge is -2.20. The number of aryl methyl sites for hydroxylation is 1. The minimum atomic E-state index is -0.361. The maximum absolute atomic E-state index is 12.1.